The van der Waals surface area contributed by atoms with Crippen LogP contribution in [0.2, 0.25) is 0 Å². The third kappa shape index (κ3) is 2.96. The summed E-state index contributed by atoms with van der Waals surface area (Å²) in [6.45, 7) is 2.93. The molecule has 0 radical (unpaired) electrons. The van der Waals surface area contributed by atoms with Crippen molar-refractivity contribution in [3.05, 3.63) is 82.8 Å². The van der Waals surface area contributed by atoms with Gasteiger partial charge in [-0.25, -0.2) is 4.79 Å². The van der Waals surface area contributed by atoms with E-state index in [1.165, 1.54) is 16.3 Å². The number of para-hydroxylation sites is 2. The normalized spacial score (nSPS) is 16.3. The van der Waals surface area contributed by atoms with E-state index in [0.717, 1.165) is 38.0 Å². The highest BCUT2D eigenvalue weighted by Crippen LogP contribution is 2.27. The highest BCUT2D eigenvalue weighted by atomic mass is 16.4. The second-order valence-corrected chi connectivity index (χ2v) is 7.35. The SMILES string of the molecule is O=c1oc2ccccc2n1C1CCN(Cc2cccc3ccccc23)CC1. The number of piperidine rings is 1. The van der Waals surface area contributed by atoms with Gasteiger partial charge in [0.2, 0.25) is 0 Å². The molecule has 5 rings (SSSR count). The molecule has 4 aromatic rings. The van der Waals surface area contributed by atoms with Crippen LogP contribution in [-0.2, 0) is 6.54 Å². The number of hydrogen-bond donors (Lipinski definition) is 0. The van der Waals surface area contributed by atoms with E-state index in [1.54, 1.807) is 0 Å². The minimum absolute atomic E-state index is 0.213. The molecule has 1 aliphatic rings. The fraction of sp³-hybridized carbons (Fsp3) is 0.261. The first-order valence-corrected chi connectivity index (χ1v) is 9.59. The van der Waals surface area contributed by atoms with Crippen molar-refractivity contribution < 1.29 is 4.42 Å². The van der Waals surface area contributed by atoms with E-state index >= 15 is 0 Å². The van der Waals surface area contributed by atoms with Gasteiger partial charge in [0.15, 0.2) is 5.58 Å². The number of likely N-dealkylation sites (tertiary alicyclic amines) is 1. The van der Waals surface area contributed by atoms with E-state index in [-0.39, 0.29) is 11.8 Å². The topological polar surface area (TPSA) is 38.4 Å². The maximum absolute atomic E-state index is 12.3. The molecule has 0 unspecified atom stereocenters. The summed E-state index contributed by atoms with van der Waals surface area (Å²) >= 11 is 0. The van der Waals surface area contributed by atoms with Crippen molar-refractivity contribution in [2.75, 3.05) is 13.1 Å². The molecule has 1 fully saturated rings. The van der Waals surface area contributed by atoms with Crippen LogP contribution >= 0.6 is 0 Å². The maximum Gasteiger partial charge on any atom is 0.420 e. The van der Waals surface area contributed by atoms with E-state index in [2.05, 4.69) is 47.4 Å². The largest absolute Gasteiger partial charge is 0.420 e. The Hall–Kier alpha value is -2.85. The van der Waals surface area contributed by atoms with Crippen LogP contribution in [0.25, 0.3) is 21.9 Å². The molecule has 0 spiro atoms. The van der Waals surface area contributed by atoms with Gasteiger partial charge in [-0.2, -0.15) is 0 Å². The first-order valence-electron chi connectivity index (χ1n) is 9.59. The predicted octanol–water partition coefficient (Wildman–Crippen LogP) is 4.58. The fourth-order valence-corrected chi connectivity index (χ4v) is 4.34. The zero-order valence-corrected chi connectivity index (χ0v) is 15.2. The summed E-state index contributed by atoms with van der Waals surface area (Å²) in [5.74, 6) is -0.233. The summed E-state index contributed by atoms with van der Waals surface area (Å²) in [6, 6.07) is 23.0. The fourth-order valence-electron chi connectivity index (χ4n) is 4.34. The molecule has 0 N–H and O–H groups in total. The molecule has 3 aromatic carbocycles. The Labute approximate surface area is 157 Å². The number of rotatable bonds is 3. The van der Waals surface area contributed by atoms with Crippen molar-refractivity contribution in [1.82, 2.24) is 9.47 Å². The molecule has 4 nitrogen and oxygen atoms in total. The highest BCUT2D eigenvalue weighted by Gasteiger charge is 2.24. The summed E-state index contributed by atoms with van der Waals surface area (Å²) in [5.41, 5.74) is 2.97. The third-order valence-corrected chi connectivity index (χ3v) is 5.71. The van der Waals surface area contributed by atoms with Gasteiger partial charge in [0.25, 0.3) is 0 Å². The minimum atomic E-state index is -0.233. The summed E-state index contributed by atoms with van der Waals surface area (Å²) in [6.07, 6.45) is 1.93. The Bertz CT molecular complexity index is 1140. The molecule has 27 heavy (non-hydrogen) atoms. The Morgan fingerprint density at radius 1 is 0.889 bits per heavy atom. The first kappa shape index (κ1) is 16.3. The van der Waals surface area contributed by atoms with Gasteiger partial charge < -0.3 is 4.42 Å². The van der Waals surface area contributed by atoms with Gasteiger partial charge >= 0.3 is 5.76 Å². The van der Waals surface area contributed by atoms with Crippen molar-refractivity contribution in [3.63, 3.8) is 0 Å². The third-order valence-electron chi connectivity index (χ3n) is 5.71. The maximum atomic E-state index is 12.3. The summed E-state index contributed by atoms with van der Waals surface area (Å²) in [5, 5.41) is 2.63. The molecule has 0 saturated carbocycles. The Kier molecular flexibility index (Phi) is 4.06. The first-order chi connectivity index (χ1) is 13.3. The van der Waals surface area contributed by atoms with Crippen LogP contribution in [0.1, 0.15) is 24.4 Å². The van der Waals surface area contributed by atoms with Gasteiger partial charge in [0.1, 0.15) is 0 Å². The van der Waals surface area contributed by atoms with E-state index in [4.69, 9.17) is 4.42 Å². The van der Waals surface area contributed by atoms with E-state index in [0.29, 0.717) is 5.58 Å². The zero-order chi connectivity index (χ0) is 18.2. The van der Waals surface area contributed by atoms with Gasteiger partial charge in [-0.05, 0) is 41.3 Å². The number of hydrogen-bond acceptors (Lipinski definition) is 3. The molecule has 4 heteroatoms. The van der Waals surface area contributed by atoms with Crippen molar-refractivity contribution in [1.29, 1.82) is 0 Å². The van der Waals surface area contributed by atoms with Gasteiger partial charge in [-0.1, -0.05) is 54.6 Å². The lowest BCUT2D eigenvalue weighted by Crippen LogP contribution is -2.36. The molecular weight excluding hydrogens is 336 g/mol. The van der Waals surface area contributed by atoms with Gasteiger partial charge in [-0.3, -0.25) is 9.47 Å². The van der Waals surface area contributed by atoms with Crippen LogP contribution < -0.4 is 5.76 Å². The monoisotopic (exact) mass is 358 g/mol. The molecule has 0 amide bonds. The molecule has 0 atom stereocenters. The van der Waals surface area contributed by atoms with Crippen molar-refractivity contribution in [3.8, 4) is 0 Å². The summed E-state index contributed by atoms with van der Waals surface area (Å²) in [7, 11) is 0. The van der Waals surface area contributed by atoms with E-state index < -0.39 is 0 Å². The second kappa shape index (κ2) is 6.71. The Morgan fingerprint density at radius 2 is 1.63 bits per heavy atom. The molecular formula is C23H22N2O2. The summed E-state index contributed by atoms with van der Waals surface area (Å²) < 4.78 is 7.27. The van der Waals surface area contributed by atoms with Crippen LogP contribution in [0.5, 0.6) is 0 Å². The van der Waals surface area contributed by atoms with Gasteiger partial charge in [-0.15, -0.1) is 0 Å². The number of oxazole rings is 1. The Morgan fingerprint density at radius 3 is 2.52 bits per heavy atom. The zero-order valence-electron chi connectivity index (χ0n) is 15.2. The average molecular weight is 358 g/mol. The Balaban J connectivity index is 1.34. The van der Waals surface area contributed by atoms with Gasteiger partial charge in [0.05, 0.1) is 5.52 Å². The molecule has 1 aromatic heterocycles. The van der Waals surface area contributed by atoms with Crippen molar-refractivity contribution >= 4 is 21.9 Å². The van der Waals surface area contributed by atoms with E-state index in [1.807, 2.05) is 28.8 Å². The van der Waals surface area contributed by atoms with Crippen molar-refractivity contribution in [2.24, 2.45) is 0 Å². The van der Waals surface area contributed by atoms with Crippen LogP contribution in [0.15, 0.2) is 75.9 Å². The van der Waals surface area contributed by atoms with Crippen LogP contribution in [0, 0.1) is 0 Å². The number of benzene rings is 3. The van der Waals surface area contributed by atoms with Crippen LogP contribution in [0.3, 0.4) is 0 Å². The smallest absolute Gasteiger partial charge is 0.408 e. The summed E-state index contributed by atoms with van der Waals surface area (Å²) in [4.78, 5) is 14.8. The number of nitrogens with zero attached hydrogens (tertiary/aromatic N) is 2. The lowest BCUT2D eigenvalue weighted by Gasteiger charge is -2.32. The number of fused-ring (bicyclic) bond motifs is 2. The van der Waals surface area contributed by atoms with Crippen molar-refractivity contribution in [2.45, 2.75) is 25.4 Å². The molecule has 1 saturated heterocycles. The molecule has 0 aliphatic carbocycles. The quantitative estimate of drug-likeness (QED) is 0.538. The molecule has 1 aliphatic heterocycles. The molecule has 0 bridgehead atoms. The average Bonchev–Trinajstić information content (AvgIpc) is 3.05. The lowest BCUT2D eigenvalue weighted by molar-refractivity contribution is 0.178. The minimum Gasteiger partial charge on any atom is -0.408 e. The predicted molar refractivity (Wildman–Crippen MR) is 108 cm³/mol. The lowest BCUT2D eigenvalue weighted by atomic mass is 10.0. The standard InChI is InChI=1S/C23H22N2O2/c26-23-25(21-10-3-4-11-22(21)27-23)19-12-14-24(15-13-19)16-18-8-5-7-17-6-1-2-9-20(17)18/h1-11,19H,12-16H2. The van der Waals surface area contributed by atoms with Crippen LogP contribution in [-0.4, -0.2) is 22.6 Å². The number of aromatic nitrogens is 1. The molecule has 136 valence electrons. The molecule has 2 heterocycles. The van der Waals surface area contributed by atoms with Gasteiger partial charge in [0, 0.05) is 25.7 Å². The van der Waals surface area contributed by atoms with Crippen LogP contribution in [0.4, 0.5) is 0 Å². The van der Waals surface area contributed by atoms with E-state index in [9.17, 15) is 4.79 Å². The second-order valence-electron chi connectivity index (χ2n) is 7.35. The highest BCUT2D eigenvalue weighted by molar-refractivity contribution is 5.85.